The molecule has 0 amide bonds. The molecule has 0 aliphatic heterocycles. The minimum Gasteiger partial charge on any atom is -0.462 e. The first-order valence-corrected chi connectivity index (χ1v) is 18.0. The van der Waals surface area contributed by atoms with E-state index in [-0.39, 0.29) is 25.2 Å². The molecule has 41 heavy (non-hydrogen) atoms. The van der Waals surface area contributed by atoms with Gasteiger partial charge < -0.3 is 14.6 Å². The second kappa shape index (κ2) is 31.8. The SMILES string of the molecule is CCCCCCCCCCCCCCCCCCC(=O)O[C@@H](CO)COC(=O)CCCCCCCCCCC(C)C. The largest absolute Gasteiger partial charge is 0.462 e. The molecule has 0 unspecified atom stereocenters. The number of carbonyl (C=O) groups is 2. The van der Waals surface area contributed by atoms with Gasteiger partial charge in [0.25, 0.3) is 0 Å². The van der Waals surface area contributed by atoms with E-state index in [1.165, 1.54) is 122 Å². The van der Waals surface area contributed by atoms with Crippen molar-refractivity contribution in [2.75, 3.05) is 13.2 Å². The fraction of sp³-hybridized carbons (Fsp3) is 0.944. The van der Waals surface area contributed by atoms with Crippen molar-refractivity contribution in [2.24, 2.45) is 5.92 Å². The first-order valence-electron chi connectivity index (χ1n) is 18.0. The number of unbranched alkanes of at least 4 members (excludes halogenated alkanes) is 22. The fourth-order valence-corrected chi connectivity index (χ4v) is 5.33. The maximum absolute atomic E-state index is 12.1. The Labute approximate surface area is 255 Å². The van der Waals surface area contributed by atoms with Crippen molar-refractivity contribution < 1.29 is 24.2 Å². The molecular formula is C36H70O5. The van der Waals surface area contributed by atoms with Crippen molar-refractivity contribution in [3.8, 4) is 0 Å². The van der Waals surface area contributed by atoms with E-state index in [2.05, 4.69) is 20.8 Å². The summed E-state index contributed by atoms with van der Waals surface area (Å²) in [5, 5.41) is 9.51. The van der Waals surface area contributed by atoms with Crippen LogP contribution in [-0.2, 0) is 19.1 Å². The van der Waals surface area contributed by atoms with Crippen molar-refractivity contribution in [1.82, 2.24) is 0 Å². The Hall–Kier alpha value is -1.10. The molecule has 0 aliphatic carbocycles. The first kappa shape index (κ1) is 39.9. The van der Waals surface area contributed by atoms with Gasteiger partial charge in [0.2, 0.25) is 0 Å². The molecule has 0 heterocycles. The zero-order chi connectivity index (χ0) is 30.2. The molecule has 0 bridgehead atoms. The Kier molecular flexibility index (Phi) is 31.0. The highest BCUT2D eigenvalue weighted by Gasteiger charge is 2.16. The Bertz CT molecular complexity index is 562. The second-order valence-electron chi connectivity index (χ2n) is 12.8. The average Bonchev–Trinajstić information content (AvgIpc) is 2.95. The third-order valence-corrected chi connectivity index (χ3v) is 8.08. The molecule has 0 spiro atoms. The maximum Gasteiger partial charge on any atom is 0.306 e. The van der Waals surface area contributed by atoms with Crippen LogP contribution in [0.1, 0.15) is 194 Å². The van der Waals surface area contributed by atoms with Gasteiger partial charge in [0.1, 0.15) is 6.61 Å². The van der Waals surface area contributed by atoms with Gasteiger partial charge in [0.05, 0.1) is 6.61 Å². The lowest BCUT2D eigenvalue weighted by atomic mass is 10.0. The van der Waals surface area contributed by atoms with Crippen LogP contribution in [0.4, 0.5) is 0 Å². The summed E-state index contributed by atoms with van der Waals surface area (Å²) in [5.74, 6) is 0.226. The predicted molar refractivity (Wildman–Crippen MR) is 173 cm³/mol. The van der Waals surface area contributed by atoms with Gasteiger partial charge in [-0.25, -0.2) is 0 Å². The number of carbonyl (C=O) groups excluding carboxylic acids is 2. The molecule has 0 radical (unpaired) electrons. The number of aliphatic hydroxyl groups is 1. The number of hydrogen-bond acceptors (Lipinski definition) is 5. The molecule has 5 nitrogen and oxygen atoms in total. The van der Waals surface area contributed by atoms with E-state index in [1.807, 2.05) is 0 Å². The average molecular weight is 583 g/mol. The summed E-state index contributed by atoms with van der Waals surface area (Å²) in [5.41, 5.74) is 0. The molecule has 0 aromatic rings. The van der Waals surface area contributed by atoms with Gasteiger partial charge in [-0.15, -0.1) is 0 Å². The van der Waals surface area contributed by atoms with E-state index in [9.17, 15) is 14.7 Å². The van der Waals surface area contributed by atoms with Crippen LogP contribution in [0.15, 0.2) is 0 Å². The lowest BCUT2D eigenvalue weighted by molar-refractivity contribution is -0.161. The Balaban J connectivity index is 3.52. The van der Waals surface area contributed by atoms with E-state index in [4.69, 9.17) is 9.47 Å². The fourth-order valence-electron chi connectivity index (χ4n) is 5.33. The zero-order valence-electron chi connectivity index (χ0n) is 27.7. The summed E-state index contributed by atoms with van der Waals surface area (Å²) >= 11 is 0. The van der Waals surface area contributed by atoms with Crippen molar-refractivity contribution in [3.05, 3.63) is 0 Å². The summed E-state index contributed by atoms with van der Waals surface area (Å²) < 4.78 is 10.6. The lowest BCUT2D eigenvalue weighted by Gasteiger charge is -2.15. The molecular weight excluding hydrogens is 512 g/mol. The normalized spacial score (nSPS) is 12.1. The molecule has 1 N–H and O–H groups in total. The summed E-state index contributed by atoms with van der Waals surface area (Å²) in [7, 11) is 0. The molecule has 0 aliphatic rings. The number of ether oxygens (including phenoxy) is 2. The first-order chi connectivity index (χ1) is 20.0. The van der Waals surface area contributed by atoms with Gasteiger partial charge >= 0.3 is 11.9 Å². The maximum atomic E-state index is 12.1. The Morgan fingerprint density at radius 2 is 0.902 bits per heavy atom. The molecule has 0 saturated heterocycles. The van der Waals surface area contributed by atoms with E-state index < -0.39 is 6.10 Å². The third kappa shape index (κ3) is 31.7. The molecule has 0 fully saturated rings. The number of hydrogen-bond donors (Lipinski definition) is 1. The van der Waals surface area contributed by atoms with Crippen molar-refractivity contribution in [1.29, 1.82) is 0 Å². The Morgan fingerprint density at radius 3 is 1.29 bits per heavy atom. The molecule has 244 valence electrons. The highest BCUT2D eigenvalue weighted by Crippen LogP contribution is 2.15. The van der Waals surface area contributed by atoms with E-state index in [1.54, 1.807) is 0 Å². The standard InChI is InChI=1S/C36H70O5/c1-4-5-6-7-8-9-10-11-12-13-14-15-16-21-24-27-30-36(39)41-34(31-37)32-40-35(38)29-26-23-20-18-17-19-22-25-28-33(2)3/h33-34,37H,4-32H2,1-3H3/t34-/m0/s1. The quantitative estimate of drug-likeness (QED) is 0.0631. The molecule has 5 heteroatoms. The van der Waals surface area contributed by atoms with Gasteiger partial charge in [-0.2, -0.15) is 0 Å². The van der Waals surface area contributed by atoms with Gasteiger partial charge in [0, 0.05) is 12.8 Å². The predicted octanol–water partition coefficient (Wildman–Crippen LogP) is 10.6. The minimum atomic E-state index is -0.761. The Morgan fingerprint density at radius 1 is 0.537 bits per heavy atom. The molecule has 1 atom stereocenters. The van der Waals surface area contributed by atoms with Crippen LogP contribution in [0.2, 0.25) is 0 Å². The number of esters is 2. The summed E-state index contributed by atoms with van der Waals surface area (Å²) in [6.07, 6.45) is 31.6. The topological polar surface area (TPSA) is 72.8 Å². The second-order valence-corrected chi connectivity index (χ2v) is 12.8. The summed E-state index contributed by atoms with van der Waals surface area (Å²) in [6.45, 7) is 6.45. The van der Waals surface area contributed by atoms with E-state index in [0.717, 1.165) is 44.4 Å². The lowest BCUT2D eigenvalue weighted by Crippen LogP contribution is -2.28. The van der Waals surface area contributed by atoms with Crippen molar-refractivity contribution >= 4 is 11.9 Å². The molecule has 0 aromatic heterocycles. The van der Waals surface area contributed by atoms with Crippen LogP contribution < -0.4 is 0 Å². The highest BCUT2D eigenvalue weighted by atomic mass is 16.6. The number of rotatable bonds is 32. The zero-order valence-corrected chi connectivity index (χ0v) is 27.7. The van der Waals surface area contributed by atoms with Crippen LogP contribution >= 0.6 is 0 Å². The van der Waals surface area contributed by atoms with Gasteiger partial charge in [-0.05, 0) is 18.8 Å². The number of aliphatic hydroxyl groups excluding tert-OH is 1. The van der Waals surface area contributed by atoms with Crippen molar-refractivity contribution in [2.45, 2.75) is 200 Å². The molecule has 0 rings (SSSR count). The van der Waals surface area contributed by atoms with Crippen LogP contribution in [0.5, 0.6) is 0 Å². The van der Waals surface area contributed by atoms with E-state index >= 15 is 0 Å². The van der Waals surface area contributed by atoms with Crippen LogP contribution in [0, 0.1) is 5.92 Å². The summed E-state index contributed by atoms with van der Waals surface area (Å²) in [6, 6.07) is 0. The monoisotopic (exact) mass is 583 g/mol. The van der Waals surface area contributed by atoms with Gasteiger partial charge in [-0.3, -0.25) is 9.59 Å². The van der Waals surface area contributed by atoms with Gasteiger partial charge in [-0.1, -0.05) is 168 Å². The van der Waals surface area contributed by atoms with Crippen LogP contribution in [0.25, 0.3) is 0 Å². The van der Waals surface area contributed by atoms with Crippen LogP contribution in [-0.4, -0.2) is 36.4 Å². The van der Waals surface area contributed by atoms with Crippen molar-refractivity contribution in [3.63, 3.8) is 0 Å². The van der Waals surface area contributed by atoms with Crippen LogP contribution in [0.3, 0.4) is 0 Å². The third-order valence-electron chi connectivity index (χ3n) is 8.08. The van der Waals surface area contributed by atoms with E-state index in [0.29, 0.717) is 12.8 Å². The smallest absolute Gasteiger partial charge is 0.306 e. The van der Waals surface area contributed by atoms with Gasteiger partial charge in [0.15, 0.2) is 6.10 Å². The minimum absolute atomic E-state index is 0.0591. The molecule has 0 aromatic carbocycles. The summed E-state index contributed by atoms with van der Waals surface area (Å²) in [4.78, 5) is 24.1. The molecule has 0 saturated carbocycles. The highest BCUT2D eigenvalue weighted by molar-refractivity contribution is 5.70.